The highest BCUT2D eigenvalue weighted by Crippen LogP contribution is 2.20. The van der Waals surface area contributed by atoms with Crippen molar-refractivity contribution in [3.8, 4) is 0 Å². The molecule has 148 valence electrons. The number of thioether (sulfide) groups is 2. The highest BCUT2D eigenvalue weighted by molar-refractivity contribution is 14.0. The molecular formula is C19H33IN4S2. The highest BCUT2D eigenvalue weighted by Gasteiger charge is 2.16. The number of hydrogen-bond acceptors (Lipinski definition) is 4. The maximum absolute atomic E-state index is 4.73. The topological polar surface area (TPSA) is 39.7 Å². The summed E-state index contributed by atoms with van der Waals surface area (Å²) in [4.78, 5) is 7.20. The predicted molar refractivity (Wildman–Crippen MR) is 132 cm³/mol. The van der Waals surface area contributed by atoms with Gasteiger partial charge in [0.1, 0.15) is 0 Å². The first-order chi connectivity index (χ1) is 12.0. The molecule has 2 rings (SSSR count). The number of aliphatic imine (C=N–C) groups is 1. The summed E-state index contributed by atoms with van der Waals surface area (Å²) in [6, 6.07) is 8.88. The van der Waals surface area contributed by atoms with Crippen LogP contribution in [0.15, 0.2) is 29.3 Å². The molecule has 1 fully saturated rings. The van der Waals surface area contributed by atoms with E-state index in [-0.39, 0.29) is 28.7 Å². The van der Waals surface area contributed by atoms with E-state index >= 15 is 0 Å². The lowest BCUT2D eigenvalue weighted by Gasteiger charge is -2.28. The minimum absolute atomic E-state index is 0. The van der Waals surface area contributed by atoms with Crippen molar-refractivity contribution in [3.05, 3.63) is 29.8 Å². The molecule has 0 aromatic heterocycles. The van der Waals surface area contributed by atoms with Gasteiger partial charge >= 0.3 is 0 Å². The molecule has 2 N–H and O–H groups in total. The molecule has 0 spiro atoms. The van der Waals surface area contributed by atoms with E-state index < -0.39 is 0 Å². The third kappa shape index (κ3) is 8.17. The van der Waals surface area contributed by atoms with Gasteiger partial charge in [0.15, 0.2) is 5.96 Å². The smallest absolute Gasteiger partial charge is 0.191 e. The van der Waals surface area contributed by atoms with Crippen LogP contribution in [0.1, 0.15) is 26.3 Å². The first kappa shape index (κ1) is 23.8. The molecule has 0 radical (unpaired) electrons. The average molecular weight is 509 g/mol. The van der Waals surface area contributed by atoms with Gasteiger partial charge in [-0.1, -0.05) is 12.1 Å². The van der Waals surface area contributed by atoms with E-state index in [2.05, 4.69) is 66.8 Å². The monoisotopic (exact) mass is 508 g/mol. The summed E-state index contributed by atoms with van der Waals surface area (Å²) in [5.41, 5.74) is 2.58. The van der Waals surface area contributed by atoms with Crippen LogP contribution in [0.5, 0.6) is 0 Å². The Kier molecular flexibility index (Phi) is 11.2. The average Bonchev–Trinajstić information content (AvgIpc) is 2.65. The summed E-state index contributed by atoms with van der Waals surface area (Å²) >= 11 is 3.91. The molecule has 0 atom stereocenters. The SMILES string of the molecule is CCNC(=NCc1ccc(N2CCSCC2)cc1)NCC(C)(C)SC.I. The summed E-state index contributed by atoms with van der Waals surface area (Å²) in [5.74, 6) is 3.36. The molecule has 1 aromatic carbocycles. The number of anilines is 1. The number of benzene rings is 1. The Hall–Kier alpha value is -0.280. The zero-order valence-corrected chi connectivity index (χ0v) is 20.3. The third-order valence-corrected chi connectivity index (χ3v) is 6.50. The molecule has 0 unspecified atom stereocenters. The van der Waals surface area contributed by atoms with Gasteiger partial charge in [0.05, 0.1) is 6.54 Å². The summed E-state index contributed by atoms with van der Waals surface area (Å²) < 4.78 is 0.199. The van der Waals surface area contributed by atoms with Crippen molar-refractivity contribution in [1.29, 1.82) is 0 Å². The normalized spacial score (nSPS) is 15.4. The van der Waals surface area contributed by atoms with Gasteiger partial charge in [0, 0.05) is 48.1 Å². The van der Waals surface area contributed by atoms with E-state index in [4.69, 9.17) is 4.99 Å². The van der Waals surface area contributed by atoms with Gasteiger partial charge in [0.25, 0.3) is 0 Å². The van der Waals surface area contributed by atoms with Crippen LogP contribution in [-0.4, -0.2) is 54.6 Å². The summed E-state index contributed by atoms with van der Waals surface area (Å²) in [5, 5.41) is 6.78. The van der Waals surface area contributed by atoms with Crippen molar-refractivity contribution in [2.45, 2.75) is 32.1 Å². The molecule has 7 heteroatoms. The Morgan fingerprint density at radius 2 is 1.85 bits per heavy atom. The largest absolute Gasteiger partial charge is 0.370 e. The number of nitrogens with zero attached hydrogens (tertiary/aromatic N) is 2. The lowest BCUT2D eigenvalue weighted by atomic mass is 10.2. The lowest BCUT2D eigenvalue weighted by molar-refractivity contribution is 0.665. The van der Waals surface area contributed by atoms with Crippen molar-refractivity contribution in [2.24, 2.45) is 4.99 Å². The zero-order chi connectivity index (χ0) is 18.1. The lowest BCUT2D eigenvalue weighted by Crippen LogP contribution is -2.43. The number of nitrogens with one attached hydrogen (secondary N) is 2. The van der Waals surface area contributed by atoms with Gasteiger partial charge in [0.2, 0.25) is 0 Å². The van der Waals surface area contributed by atoms with E-state index in [1.54, 1.807) is 0 Å². The molecule has 0 amide bonds. The second-order valence-electron chi connectivity index (χ2n) is 6.78. The second-order valence-corrected chi connectivity index (χ2v) is 9.52. The molecule has 0 aliphatic carbocycles. The van der Waals surface area contributed by atoms with E-state index in [0.717, 1.165) is 32.1 Å². The van der Waals surface area contributed by atoms with Gasteiger partial charge in [-0.25, -0.2) is 4.99 Å². The Balaban J connectivity index is 0.00000338. The summed E-state index contributed by atoms with van der Waals surface area (Å²) in [7, 11) is 0. The van der Waals surface area contributed by atoms with Crippen molar-refractivity contribution in [3.63, 3.8) is 0 Å². The number of guanidine groups is 1. The fourth-order valence-corrected chi connectivity index (χ4v) is 3.63. The number of rotatable bonds is 7. The molecule has 4 nitrogen and oxygen atoms in total. The highest BCUT2D eigenvalue weighted by atomic mass is 127. The van der Waals surface area contributed by atoms with E-state index in [0.29, 0.717) is 6.54 Å². The number of halogens is 1. The standard InChI is InChI=1S/C19H32N4S2.HI/c1-5-20-18(22-15-19(2,3)24-4)21-14-16-6-8-17(9-7-16)23-10-12-25-13-11-23;/h6-9H,5,10-15H2,1-4H3,(H2,20,21,22);1H. The van der Waals surface area contributed by atoms with Gasteiger partial charge in [-0.2, -0.15) is 23.5 Å². The van der Waals surface area contributed by atoms with E-state index in [1.807, 2.05) is 23.5 Å². The molecule has 1 heterocycles. The molecule has 0 saturated carbocycles. The summed E-state index contributed by atoms with van der Waals surface area (Å²) in [6.07, 6.45) is 2.15. The quantitative estimate of drug-likeness (QED) is 0.330. The Labute approximate surface area is 184 Å². The molecule has 1 aromatic rings. The van der Waals surface area contributed by atoms with Crippen LogP contribution in [-0.2, 0) is 6.54 Å². The van der Waals surface area contributed by atoms with Crippen molar-refractivity contribution < 1.29 is 0 Å². The van der Waals surface area contributed by atoms with Crippen LogP contribution in [0.2, 0.25) is 0 Å². The Morgan fingerprint density at radius 1 is 1.19 bits per heavy atom. The van der Waals surface area contributed by atoms with Gasteiger partial charge < -0.3 is 15.5 Å². The van der Waals surface area contributed by atoms with Gasteiger partial charge in [-0.15, -0.1) is 24.0 Å². The maximum Gasteiger partial charge on any atom is 0.191 e. The van der Waals surface area contributed by atoms with Crippen molar-refractivity contribution >= 4 is 59.1 Å². The summed E-state index contributed by atoms with van der Waals surface area (Å²) in [6.45, 7) is 11.4. The second kappa shape index (κ2) is 12.2. The van der Waals surface area contributed by atoms with Crippen molar-refractivity contribution in [1.82, 2.24) is 10.6 Å². The number of hydrogen-bond donors (Lipinski definition) is 2. The van der Waals surface area contributed by atoms with Crippen molar-refractivity contribution in [2.75, 3.05) is 48.8 Å². The molecular weight excluding hydrogens is 475 g/mol. The fraction of sp³-hybridized carbons (Fsp3) is 0.632. The van der Waals surface area contributed by atoms with Crippen LogP contribution in [0, 0.1) is 0 Å². The van der Waals surface area contributed by atoms with Gasteiger partial charge in [-0.3, -0.25) is 0 Å². The van der Waals surface area contributed by atoms with Crippen LogP contribution in [0.4, 0.5) is 5.69 Å². The fourth-order valence-electron chi connectivity index (χ4n) is 2.51. The Bertz CT molecular complexity index is 543. The molecule has 26 heavy (non-hydrogen) atoms. The minimum atomic E-state index is 0. The first-order valence-corrected chi connectivity index (χ1v) is 11.4. The van der Waals surface area contributed by atoms with Crippen LogP contribution in [0.25, 0.3) is 0 Å². The molecule has 1 saturated heterocycles. The molecule has 0 bridgehead atoms. The third-order valence-electron chi connectivity index (χ3n) is 4.31. The van der Waals surface area contributed by atoms with E-state index in [1.165, 1.54) is 22.8 Å². The van der Waals surface area contributed by atoms with Crippen LogP contribution < -0.4 is 15.5 Å². The maximum atomic E-state index is 4.73. The first-order valence-electron chi connectivity index (χ1n) is 9.03. The van der Waals surface area contributed by atoms with Crippen LogP contribution >= 0.6 is 47.5 Å². The van der Waals surface area contributed by atoms with Crippen LogP contribution in [0.3, 0.4) is 0 Å². The van der Waals surface area contributed by atoms with E-state index in [9.17, 15) is 0 Å². The zero-order valence-electron chi connectivity index (χ0n) is 16.4. The van der Waals surface area contributed by atoms with Gasteiger partial charge in [-0.05, 0) is 44.7 Å². The molecule has 1 aliphatic rings. The molecule has 1 aliphatic heterocycles. The Morgan fingerprint density at radius 3 is 2.42 bits per heavy atom. The minimum Gasteiger partial charge on any atom is -0.370 e. The predicted octanol–water partition coefficient (Wildman–Crippen LogP) is 4.05.